The summed E-state index contributed by atoms with van der Waals surface area (Å²) in [5.74, 6) is -0.240. The van der Waals surface area contributed by atoms with Gasteiger partial charge in [0.15, 0.2) is 0 Å². The minimum Gasteiger partial charge on any atom is -0.444 e. The van der Waals surface area contributed by atoms with Gasteiger partial charge >= 0.3 is 12.2 Å². The molecule has 0 saturated carbocycles. The first-order valence-corrected chi connectivity index (χ1v) is 22.7. The van der Waals surface area contributed by atoms with Crippen LogP contribution in [0.15, 0.2) is 48.5 Å². The summed E-state index contributed by atoms with van der Waals surface area (Å²) >= 11 is 10.2. The van der Waals surface area contributed by atoms with Crippen molar-refractivity contribution in [2.45, 2.75) is 92.0 Å². The standard InChI is InChI=1S/C21H22FN3O3S2.C19H20FN3O2S2.C2H3ClO/c1-11(26)23-18-17(19-24-13-7-5-6-8-14(13)29-19)16-12(22)9-25(10-15(16)30-18)20(27)28-21(2,3)4;1-19(2,3)25-18(24)23-8-10(20)14-13(9-23)26-16(21)15(14)17-22-11-6-4-5-7-12(11)27-17;1-2(3)4/h5-8,12H,9-10H2,1-4H3,(H,23,26);4-7,10H,8-9,21H2,1-3H3;1H3. The highest BCUT2D eigenvalue weighted by Crippen LogP contribution is 2.50. The molecule has 61 heavy (non-hydrogen) atoms. The predicted octanol–water partition coefficient (Wildman–Crippen LogP) is 11.9. The number of halogens is 3. The van der Waals surface area contributed by atoms with E-state index in [0.29, 0.717) is 48.7 Å². The molecule has 2 aromatic carbocycles. The molecule has 12 nitrogen and oxygen atoms in total. The molecular formula is C42H45ClF2N6O6S4. The van der Waals surface area contributed by atoms with Crippen LogP contribution in [0.5, 0.6) is 0 Å². The molecule has 6 heterocycles. The highest BCUT2D eigenvalue weighted by atomic mass is 35.5. The number of carbonyl (C=O) groups is 4. The Balaban J connectivity index is 0.000000189. The number of alkyl halides is 2. The second kappa shape index (κ2) is 18.3. The minimum absolute atomic E-state index is 0.0457. The molecule has 0 bridgehead atoms. The molecule has 2 atom stereocenters. The number of aromatic nitrogens is 2. The third kappa shape index (κ3) is 11.0. The Labute approximate surface area is 372 Å². The van der Waals surface area contributed by atoms with Crippen LogP contribution in [0.1, 0.15) is 88.6 Å². The molecule has 0 spiro atoms. The summed E-state index contributed by atoms with van der Waals surface area (Å²) in [5, 5.41) is 4.93. The summed E-state index contributed by atoms with van der Waals surface area (Å²) in [5.41, 5.74) is 9.02. The van der Waals surface area contributed by atoms with Crippen molar-refractivity contribution in [1.29, 1.82) is 0 Å². The largest absolute Gasteiger partial charge is 0.444 e. The van der Waals surface area contributed by atoms with Crippen LogP contribution in [0.4, 0.5) is 28.4 Å². The summed E-state index contributed by atoms with van der Waals surface area (Å²) in [6.45, 7) is 13.8. The van der Waals surface area contributed by atoms with E-state index in [2.05, 4.69) is 26.9 Å². The highest BCUT2D eigenvalue weighted by Gasteiger charge is 2.38. The average molecular weight is 932 g/mol. The monoisotopic (exact) mass is 930 g/mol. The first-order chi connectivity index (χ1) is 28.6. The first kappa shape index (κ1) is 45.8. The Bertz CT molecular complexity index is 2540. The molecule has 3 amide bonds. The topological polar surface area (TPSA) is 157 Å². The highest BCUT2D eigenvalue weighted by molar-refractivity contribution is 7.23. The van der Waals surface area contributed by atoms with Gasteiger partial charge in [-0.1, -0.05) is 24.3 Å². The van der Waals surface area contributed by atoms with Crippen molar-refractivity contribution in [1.82, 2.24) is 19.8 Å². The van der Waals surface area contributed by atoms with E-state index in [1.54, 1.807) is 41.5 Å². The summed E-state index contributed by atoms with van der Waals surface area (Å²) in [6, 6.07) is 15.5. The molecule has 0 fully saturated rings. The quantitative estimate of drug-likeness (QED) is 0.165. The van der Waals surface area contributed by atoms with Gasteiger partial charge < -0.3 is 20.5 Å². The Kier molecular flexibility index (Phi) is 13.7. The number of anilines is 2. The molecule has 2 aliphatic rings. The zero-order valence-corrected chi connectivity index (χ0v) is 38.7. The van der Waals surface area contributed by atoms with E-state index >= 15 is 8.78 Å². The molecule has 2 unspecified atom stereocenters. The lowest BCUT2D eigenvalue weighted by Gasteiger charge is -2.31. The minimum atomic E-state index is -1.40. The lowest BCUT2D eigenvalue weighted by Crippen LogP contribution is -2.40. The number of hydrogen-bond donors (Lipinski definition) is 2. The number of nitrogens with zero attached hydrogens (tertiary/aromatic N) is 4. The molecule has 3 N–H and O–H groups in total. The number of carbonyl (C=O) groups excluding carboxylic acids is 4. The zero-order chi connectivity index (χ0) is 44.6. The van der Waals surface area contributed by atoms with Crippen LogP contribution >= 0.6 is 56.9 Å². The molecule has 6 aromatic rings. The molecule has 0 aliphatic carbocycles. The molecule has 8 rings (SSSR count). The second-order valence-corrected chi connectivity index (χ2v) is 20.9. The van der Waals surface area contributed by atoms with E-state index in [1.807, 2.05) is 48.5 Å². The maximum absolute atomic E-state index is 15.4. The van der Waals surface area contributed by atoms with Crippen molar-refractivity contribution < 1.29 is 37.4 Å². The smallest absolute Gasteiger partial charge is 0.410 e. The number of thiophene rings is 2. The second-order valence-electron chi connectivity index (χ2n) is 16.1. The molecule has 2 aliphatic heterocycles. The molecule has 19 heteroatoms. The van der Waals surface area contributed by atoms with Gasteiger partial charge in [-0.15, -0.1) is 45.3 Å². The average Bonchev–Trinajstić information content (AvgIpc) is 3.91. The third-order valence-corrected chi connectivity index (χ3v) is 13.0. The van der Waals surface area contributed by atoms with Gasteiger partial charge in [-0.05, 0) is 77.4 Å². The fraction of sp³-hybridized carbons (Fsp3) is 0.381. The summed E-state index contributed by atoms with van der Waals surface area (Å²) < 4.78 is 43.3. The van der Waals surface area contributed by atoms with Crippen LogP contribution in [-0.4, -0.2) is 67.4 Å². The van der Waals surface area contributed by atoms with Crippen LogP contribution in [-0.2, 0) is 32.2 Å². The van der Waals surface area contributed by atoms with Gasteiger partial charge in [0.25, 0.3) is 0 Å². The fourth-order valence-corrected chi connectivity index (χ4v) is 11.2. The lowest BCUT2D eigenvalue weighted by atomic mass is 10.0. The van der Waals surface area contributed by atoms with E-state index in [0.717, 1.165) is 30.3 Å². The number of rotatable bonds is 3. The predicted molar refractivity (Wildman–Crippen MR) is 242 cm³/mol. The van der Waals surface area contributed by atoms with Gasteiger partial charge in [-0.2, -0.15) is 0 Å². The van der Waals surface area contributed by atoms with Crippen LogP contribution in [0.25, 0.3) is 41.6 Å². The van der Waals surface area contributed by atoms with Crippen LogP contribution in [0.2, 0.25) is 0 Å². The van der Waals surface area contributed by atoms with Gasteiger partial charge in [0.1, 0.15) is 38.6 Å². The summed E-state index contributed by atoms with van der Waals surface area (Å²) in [4.78, 5) is 59.4. The number of para-hydroxylation sites is 2. The zero-order valence-electron chi connectivity index (χ0n) is 34.7. The Morgan fingerprint density at radius 1 is 0.721 bits per heavy atom. The molecule has 0 saturated heterocycles. The van der Waals surface area contributed by atoms with Crippen LogP contribution < -0.4 is 11.1 Å². The van der Waals surface area contributed by atoms with Gasteiger partial charge in [0, 0.05) is 34.7 Å². The Morgan fingerprint density at radius 2 is 1.13 bits per heavy atom. The van der Waals surface area contributed by atoms with Gasteiger partial charge in [-0.25, -0.2) is 28.3 Å². The number of thiazole rings is 2. The van der Waals surface area contributed by atoms with Crippen molar-refractivity contribution in [2.24, 2.45) is 0 Å². The van der Waals surface area contributed by atoms with E-state index in [4.69, 9.17) is 15.2 Å². The van der Waals surface area contributed by atoms with Crippen molar-refractivity contribution in [3.05, 3.63) is 69.4 Å². The maximum atomic E-state index is 15.4. The number of amides is 3. The number of hydrogen-bond acceptors (Lipinski definition) is 13. The number of ether oxygens (including phenoxy) is 2. The summed E-state index contributed by atoms with van der Waals surface area (Å²) in [6.07, 6.45) is -3.78. The number of fused-ring (bicyclic) bond motifs is 4. The van der Waals surface area contributed by atoms with Crippen LogP contribution in [0, 0.1) is 0 Å². The van der Waals surface area contributed by atoms with Crippen molar-refractivity contribution in [3.8, 4) is 21.1 Å². The van der Waals surface area contributed by atoms with Crippen LogP contribution in [0.3, 0.4) is 0 Å². The van der Waals surface area contributed by atoms with E-state index < -0.39 is 35.7 Å². The van der Waals surface area contributed by atoms with E-state index in [9.17, 15) is 19.2 Å². The maximum Gasteiger partial charge on any atom is 0.410 e. The molecular weight excluding hydrogens is 886 g/mol. The van der Waals surface area contributed by atoms with Gasteiger partial charge in [-0.3, -0.25) is 19.4 Å². The van der Waals surface area contributed by atoms with Gasteiger partial charge in [0.05, 0.1) is 62.7 Å². The van der Waals surface area contributed by atoms with Gasteiger partial charge in [0.2, 0.25) is 11.1 Å². The third-order valence-electron chi connectivity index (χ3n) is 8.74. The van der Waals surface area contributed by atoms with Crippen molar-refractivity contribution in [3.63, 3.8) is 0 Å². The first-order valence-electron chi connectivity index (χ1n) is 19.0. The number of nitrogen functional groups attached to an aromatic ring is 1. The Morgan fingerprint density at radius 3 is 1.56 bits per heavy atom. The molecule has 324 valence electrons. The van der Waals surface area contributed by atoms with Crippen molar-refractivity contribution >= 4 is 111 Å². The fourth-order valence-electron chi connectivity index (χ4n) is 6.51. The normalized spacial score (nSPS) is 16.1. The number of benzene rings is 2. The SMILES string of the molecule is CC(=O)Cl.CC(=O)Nc1sc2c(c1-c1nc3ccccc3s1)C(F)CN(C(=O)OC(C)(C)C)C2.CC(C)(C)OC(=O)N1Cc2sc(N)c(-c3nc4ccccc4s3)c2C(F)C1. The molecule has 4 aromatic heterocycles. The van der Waals surface area contributed by atoms with E-state index in [-0.39, 0.29) is 30.8 Å². The number of nitrogens with one attached hydrogen (secondary N) is 1. The molecule has 0 radical (unpaired) electrons. The van der Waals surface area contributed by atoms with Crippen molar-refractivity contribution in [2.75, 3.05) is 24.1 Å². The number of nitrogens with two attached hydrogens (primary N) is 1. The summed E-state index contributed by atoms with van der Waals surface area (Å²) in [7, 11) is 0. The van der Waals surface area contributed by atoms with E-state index in [1.165, 1.54) is 69.0 Å². The lowest BCUT2D eigenvalue weighted by molar-refractivity contribution is -0.114. The Hall–Kier alpha value is -4.75.